The highest BCUT2D eigenvalue weighted by Gasteiger charge is 2.46. The second-order valence-corrected chi connectivity index (χ2v) is 19.1. The molecule has 0 fully saturated rings. The molecule has 0 bridgehead atoms. The number of hydrogen-bond donors (Lipinski definition) is 0. The van der Waals surface area contributed by atoms with E-state index in [9.17, 15) is 0 Å². The summed E-state index contributed by atoms with van der Waals surface area (Å²) >= 11 is 0. The minimum atomic E-state index is -0.524. The molecular formula is C66H45N. The molecule has 0 aliphatic heterocycles. The molecule has 67 heavy (non-hydrogen) atoms. The van der Waals surface area contributed by atoms with Gasteiger partial charge in [-0.2, -0.15) is 0 Å². The van der Waals surface area contributed by atoms with Crippen molar-refractivity contribution in [3.05, 3.63) is 270 Å². The second kappa shape index (κ2) is 14.1. The maximum atomic E-state index is 2.51. The third-order valence-corrected chi connectivity index (χ3v) is 15.4. The highest BCUT2D eigenvalue weighted by atomic mass is 15.1. The van der Waals surface area contributed by atoms with Crippen LogP contribution in [-0.4, -0.2) is 0 Å². The lowest BCUT2D eigenvalue weighted by molar-refractivity contribution is 0.672. The normalized spacial score (nSPS) is 14.1. The molecule has 0 saturated carbocycles. The van der Waals surface area contributed by atoms with E-state index in [4.69, 9.17) is 0 Å². The first kappa shape index (κ1) is 38.1. The first-order chi connectivity index (χ1) is 33.0. The van der Waals surface area contributed by atoms with Crippen molar-refractivity contribution in [2.45, 2.75) is 24.7 Å². The Hall–Kier alpha value is -8.26. The molecule has 0 unspecified atom stereocenters. The van der Waals surface area contributed by atoms with Crippen LogP contribution in [0.2, 0.25) is 0 Å². The quantitative estimate of drug-likeness (QED) is 0.156. The van der Waals surface area contributed by atoms with Gasteiger partial charge in [-0.25, -0.2) is 0 Å². The number of rotatable bonds is 5. The van der Waals surface area contributed by atoms with Crippen LogP contribution in [-0.2, 0) is 10.8 Å². The molecule has 0 atom stereocenters. The zero-order valence-corrected chi connectivity index (χ0v) is 37.5. The van der Waals surface area contributed by atoms with Crippen LogP contribution < -0.4 is 4.90 Å². The molecule has 0 amide bonds. The monoisotopic (exact) mass is 851 g/mol. The number of fused-ring (bicyclic) bond motifs is 16. The topological polar surface area (TPSA) is 3.24 Å². The molecule has 12 aromatic rings. The van der Waals surface area contributed by atoms with Gasteiger partial charge in [0.05, 0.1) is 5.41 Å². The van der Waals surface area contributed by atoms with Gasteiger partial charge in [-0.15, -0.1) is 0 Å². The molecule has 0 radical (unpaired) electrons. The van der Waals surface area contributed by atoms with Gasteiger partial charge in [-0.05, 0) is 146 Å². The summed E-state index contributed by atoms with van der Waals surface area (Å²) in [5.41, 5.74) is 15.8. The number of anilines is 3. The Morgan fingerprint density at radius 2 is 0.716 bits per heavy atom. The SMILES string of the molecule is CC1(C)c2c(ccc3ccccc23)-c2ccc3cc(N(c4ccc5c(c4)C(c4ccccc4)(c4ccccc4)c4ccccc4-5)c4ccc5c6ccccc6c6ccccc6c5c4)ccc3c21. The van der Waals surface area contributed by atoms with E-state index < -0.39 is 5.41 Å². The first-order valence-electron chi connectivity index (χ1n) is 23.6. The van der Waals surface area contributed by atoms with Crippen molar-refractivity contribution in [2.75, 3.05) is 4.90 Å². The summed E-state index contributed by atoms with van der Waals surface area (Å²) in [6.07, 6.45) is 0. The number of benzene rings is 12. The van der Waals surface area contributed by atoms with Gasteiger partial charge in [0.2, 0.25) is 0 Å². The zero-order chi connectivity index (χ0) is 44.4. The Morgan fingerprint density at radius 3 is 1.37 bits per heavy atom. The van der Waals surface area contributed by atoms with Gasteiger partial charge in [-0.3, -0.25) is 0 Å². The molecule has 0 saturated heterocycles. The minimum Gasteiger partial charge on any atom is -0.310 e. The Kier molecular flexibility index (Phi) is 8.02. The second-order valence-electron chi connectivity index (χ2n) is 19.1. The van der Waals surface area contributed by atoms with Crippen LogP contribution in [0.25, 0.3) is 76.1 Å². The fourth-order valence-electron chi connectivity index (χ4n) is 12.7. The summed E-state index contributed by atoms with van der Waals surface area (Å²) in [5.74, 6) is 0. The molecule has 2 aliphatic rings. The molecule has 1 nitrogen and oxygen atoms in total. The molecule has 12 aromatic carbocycles. The average molecular weight is 852 g/mol. The van der Waals surface area contributed by atoms with E-state index in [-0.39, 0.29) is 5.41 Å². The molecule has 1 heteroatoms. The van der Waals surface area contributed by atoms with E-state index in [1.165, 1.54) is 109 Å². The van der Waals surface area contributed by atoms with Crippen molar-refractivity contribution in [3.63, 3.8) is 0 Å². The van der Waals surface area contributed by atoms with Crippen molar-refractivity contribution in [1.82, 2.24) is 0 Å². The lowest BCUT2D eigenvalue weighted by atomic mass is 9.67. The number of nitrogens with zero attached hydrogens (tertiary/aromatic N) is 1. The third kappa shape index (κ3) is 5.26. The predicted octanol–water partition coefficient (Wildman–Crippen LogP) is 17.6. The van der Waals surface area contributed by atoms with Crippen molar-refractivity contribution >= 4 is 70.9 Å². The maximum absolute atomic E-state index is 2.51. The zero-order valence-electron chi connectivity index (χ0n) is 37.5. The van der Waals surface area contributed by atoms with Gasteiger partial charge in [0.25, 0.3) is 0 Å². The van der Waals surface area contributed by atoms with Crippen LogP contribution in [0.5, 0.6) is 0 Å². The summed E-state index contributed by atoms with van der Waals surface area (Å²) in [5, 5.41) is 12.8. The molecule has 0 aromatic heterocycles. The van der Waals surface area contributed by atoms with Crippen LogP contribution in [0.15, 0.2) is 237 Å². The molecule has 0 N–H and O–H groups in total. The van der Waals surface area contributed by atoms with Crippen molar-refractivity contribution in [1.29, 1.82) is 0 Å². The minimum absolute atomic E-state index is 0.179. The van der Waals surface area contributed by atoms with Gasteiger partial charge >= 0.3 is 0 Å². The van der Waals surface area contributed by atoms with E-state index in [2.05, 4.69) is 255 Å². The van der Waals surface area contributed by atoms with Gasteiger partial charge in [0.1, 0.15) is 0 Å². The molecule has 0 spiro atoms. The molecular weight excluding hydrogens is 807 g/mol. The van der Waals surface area contributed by atoms with E-state index in [1.807, 2.05) is 0 Å². The van der Waals surface area contributed by atoms with Crippen LogP contribution in [0.1, 0.15) is 47.2 Å². The van der Waals surface area contributed by atoms with Crippen molar-refractivity contribution in [2.24, 2.45) is 0 Å². The Morgan fingerprint density at radius 1 is 0.284 bits per heavy atom. The van der Waals surface area contributed by atoms with E-state index in [0.717, 1.165) is 17.1 Å². The Labute approximate surface area is 390 Å². The molecule has 0 heterocycles. The van der Waals surface area contributed by atoms with Crippen LogP contribution >= 0.6 is 0 Å². The highest BCUT2D eigenvalue weighted by molar-refractivity contribution is 6.26. The predicted molar refractivity (Wildman–Crippen MR) is 284 cm³/mol. The summed E-state index contributed by atoms with van der Waals surface area (Å²) in [6, 6.07) is 88.9. The molecule has 14 rings (SSSR count). The first-order valence-corrected chi connectivity index (χ1v) is 23.6. The lowest BCUT2D eigenvalue weighted by Crippen LogP contribution is -2.28. The third-order valence-electron chi connectivity index (χ3n) is 15.4. The summed E-state index contributed by atoms with van der Waals surface area (Å²) in [4.78, 5) is 2.51. The van der Waals surface area contributed by atoms with Crippen LogP contribution in [0.4, 0.5) is 17.1 Å². The summed E-state index contributed by atoms with van der Waals surface area (Å²) in [6.45, 7) is 4.84. The smallest absolute Gasteiger partial charge is 0.0714 e. The van der Waals surface area contributed by atoms with Gasteiger partial charge < -0.3 is 4.90 Å². The average Bonchev–Trinajstić information content (AvgIpc) is 3.82. The fourth-order valence-corrected chi connectivity index (χ4v) is 12.7. The lowest BCUT2D eigenvalue weighted by Gasteiger charge is -2.35. The highest BCUT2D eigenvalue weighted by Crippen LogP contribution is 2.58. The Bertz CT molecular complexity index is 3940. The maximum Gasteiger partial charge on any atom is 0.0714 e. The fraction of sp³-hybridized carbons (Fsp3) is 0.0606. The largest absolute Gasteiger partial charge is 0.310 e. The van der Waals surface area contributed by atoms with Gasteiger partial charge in [-0.1, -0.05) is 214 Å². The summed E-state index contributed by atoms with van der Waals surface area (Å²) in [7, 11) is 0. The van der Waals surface area contributed by atoms with E-state index in [0.29, 0.717) is 0 Å². The summed E-state index contributed by atoms with van der Waals surface area (Å²) < 4.78 is 0. The van der Waals surface area contributed by atoms with Gasteiger partial charge in [0, 0.05) is 22.5 Å². The van der Waals surface area contributed by atoms with Crippen LogP contribution in [0.3, 0.4) is 0 Å². The Balaban J connectivity index is 1.03. The van der Waals surface area contributed by atoms with Gasteiger partial charge in [0.15, 0.2) is 0 Å². The van der Waals surface area contributed by atoms with Crippen molar-refractivity contribution in [3.8, 4) is 22.3 Å². The molecule has 2 aliphatic carbocycles. The van der Waals surface area contributed by atoms with E-state index in [1.54, 1.807) is 0 Å². The van der Waals surface area contributed by atoms with Crippen LogP contribution in [0, 0.1) is 0 Å². The standard InChI is InChI=1S/C66H45N/c1-65(2)63-49-22-10-9-17-42(49)29-34-58(63)59-35-30-43-39-46(31-36-50(43)64(59)65)67(47-32-37-55-53-25-12-11-23-51(53)52-24-13-14-26-54(52)60(55)40-47)48-33-38-57-56-27-15-16-28-61(56)66(62(57)41-48,44-18-5-3-6-19-44)45-20-7-4-8-21-45/h3-41H,1-2H3. The van der Waals surface area contributed by atoms with E-state index >= 15 is 0 Å². The number of hydrogen-bond acceptors (Lipinski definition) is 1. The molecule has 314 valence electrons. The van der Waals surface area contributed by atoms with Crippen molar-refractivity contribution < 1.29 is 0 Å².